The number of fused-ring (bicyclic) bond motifs is 2. The van der Waals surface area contributed by atoms with Crippen LogP contribution in [0.25, 0.3) is 21.9 Å². The number of hydrogen-bond donors (Lipinski definition) is 3. The Kier molecular flexibility index (Phi) is 4.48. The number of nitrogens with one attached hydrogen (secondary N) is 3. The Labute approximate surface area is 166 Å². The number of carbonyl (C=O) groups is 2. The van der Waals surface area contributed by atoms with Crippen LogP contribution in [0.15, 0.2) is 62.2 Å². The van der Waals surface area contributed by atoms with E-state index in [4.69, 9.17) is 4.42 Å². The average molecular weight is 440 g/mol. The van der Waals surface area contributed by atoms with Crippen molar-refractivity contribution in [3.63, 3.8) is 0 Å². The second-order valence-electron chi connectivity index (χ2n) is 6.31. The molecule has 7 nitrogen and oxygen atoms in total. The third kappa shape index (κ3) is 3.41. The molecule has 0 unspecified atom stereocenters. The van der Waals surface area contributed by atoms with Crippen molar-refractivity contribution < 1.29 is 14.0 Å². The van der Waals surface area contributed by atoms with Gasteiger partial charge in [0.2, 0.25) is 0 Å². The molecule has 3 N–H and O–H groups in total. The van der Waals surface area contributed by atoms with Gasteiger partial charge in [0.05, 0.1) is 0 Å². The Hall–Kier alpha value is -3.39. The van der Waals surface area contributed by atoms with E-state index in [1.54, 1.807) is 18.2 Å². The first kappa shape index (κ1) is 18.0. The molecule has 8 heteroatoms. The molecular formula is C20H14BrN3O4. The summed E-state index contributed by atoms with van der Waals surface area (Å²) in [4.78, 5) is 39.7. The molecule has 0 aliphatic heterocycles. The van der Waals surface area contributed by atoms with Crippen molar-refractivity contribution in [2.75, 3.05) is 0 Å². The number of rotatable bonds is 2. The predicted octanol–water partition coefficient (Wildman–Crippen LogP) is 3.42. The lowest BCUT2D eigenvalue weighted by Crippen LogP contribution is -2.43. The molecule has 2 aromatic carbocycles. The summed E-state index contributed by atoms with van der Waals surface area (Å²) in [5, 5.41) is 1.47. The zero-order valence-electron chi connectivity index (χ0n) is 14.6. The molecule has 0 spiro atoms. The molecule has 4 aromatic rings. The van der Waals surface area contributed by atoms with Gasteiger partial charge in [0.15, 0.2) is 0 Å². The van der Waals surface area contributed by atoms with E-state index in [2.05, 4.69) is 31.8 Å². The van der Waals surface area contributed by atoms with Gasteiger partial charge in [-0.3, -0.25) is 20.4 Å². The molecular weight excluding hydrogens is 426 g/mol. The third-order valence-electron chi connectivity index (χ3n) is 4.25. The quantitative estimate of drug-likeness (QED) is 0.328. The fourth-order valence-corrected chi connectivity index (χ4v) is 3.25. The fraction of sp³-hybridized carbons (Fsp3) is 0.0500. The highest BCUT2D eigenvalue weighted by molar-refractivity contribution is 9.10. The second kappa shape index (κ2) is 6.97. The first-order chi connectivity index (χ1) is 13.4. The molecule has 0 saturated heterocycles. The largest absolute Gasteiger partial charge is 0.422 e. The van der Waals surface area contributed by atoms with E-state index in [1.807, 2.05) is 31.2 Å². The van der Waals surface area contributed by atoms with Crippen LogP contribution in [-0.4, -0.2) is 16.8 Å². The maximum Gasteiger partial charge on any atom is 0.349 e. The zero-order valence-corrected chi connectivity index (χ0v) is 16.2. The van der Waals surface area contributed by atoms with Crippen LogP contribution < -0.4 is 16.5 Å². The number of benzene rings is 2. The summed E-state index contributed by atoms with van der Waals surface area (Å²) in [6.07, 6.45) is 0. The highest BCUT2D eigenvalue weighted by Crippen LogP contribution is 2.20. The third-order valence-corrected chi connectivity index (χ3v) is 4.74. The smallest absolute Gasteiger partial charge is 0.349 e. The maximum absolute atomic E-state index is 12.3. The normalized spacial score (nSPS) is 10.9. The molecule has 0 bridgehead atoms. The van der Waals surface area contributed by atoms with E-state index >= 15 is 0 Å². The number of hydrogen-bond acceptors (Lipinski definition) is 4. The summed E-state index contributed by atoms with van der Waals surface area (Å²) in [5.41, 5.74) is 5.98. The number of aromatic nitrogens is 1. The van der Waals surface area contributed by atoms with Gasteiger partial charge in [0.1, 0.15) is 16.8 Å². The van der Waals surface area contributed by atoms with Gasteiger partial charge in [-0.15, -0.1) is 0 Å². The Morgan fingerprint density at radius 2 is 1.75 bits per heavy atom. The number of aryl methyl sites for hydroxylation is 1. The topological polar surface area (TPSA) is 104 Å². The molecule has 0 saturated carbocycles. The molecule has 28 heavy (non-hydrogen) atoms. The van der Waals surface area contributed by atoms with E-state index in [0.717, 1.165) is 20.9 Å². The van der Waals surface area contributed by atoms with E-state index < -0.39 is 17.4 Å². The first-order valence-corrected chi connectivity index (χ1v) is 9.13. The van der Waals surface area contributed by atoms with Gasteiger partial charge in [0.25, 0.3) is 11.8 Å². The van der Waals surface area contributed by atoms with Crippen molar-refractivity contribution in [3.05, 3.63) is 80.2 Å². The van der Waals surface area contributed by atoms with Gasteiger partial charge < -0.3 is 9.40 Å². The molecule has 4 rings (SSSR count). The Morgan fingerprint density at radius 3 is 2.57 bits per heavy atom. The van der Waals surface area contributed by atoms with Crippen LogP contribution in [0.1, 0.15) is 26.4 Å². The van der Waals surface area contributed by atoms with Crippen LogP contribution in [-0.2, 0) is 0 Å². The lowest BCUT2D eigenvalue weighted by molar-refractivity contribution is 0.0842. The van der Waals surface area contributed by atoms with Gasteiger partial charge >= 0.3 is 5.63 Å². The molecule has 2 aromatic heterocycles. The van der Waals surface area contributed by atoms with Gasteiger partial charge in [-0.2, -0.15) is 0 Å². The summed E-state index contributed by atoms with van der Waals surface area (Å²) in [5.74, 6) is -1.30. The molecule has 2 heterocycles. The minimum atomic E-state index is -0.779. The Morgan fingerprint density at radius 1 is 0.964 bits per heavy atom. The van der Waals surface area contributed by atoms with E-state index in [9.17, 15) is 14.4 Å². The molecule has 0 aliphatic carbocycles. The average Bonchev–Trinajstić information content (AvgIpc) is 3.08. The van der Waals surface area contributed by atoms with E-state index in [0.29, 0.717) is 11.0 Å². The fourth-order valence-electron chi connectivity index (χ4n) is 2.88. The number of H-pyrrole nitrogens is 1. The van der Waals surface area contributed by atoms with Crippen molar-refractivity contribution in [1.82, 2.24) is 15.8 Å². The molecule has 0 fully saturated rings. The highest BCUT2D eigenvalue weighted by atomic mass is 79.9. The van der Waals surface area contributed by atoms with Gasteiger partial charge in [-0.25, -0.2) is 4.79 Å². The number of hydrazine groups is 1. The van der Waals surface area contributed by atoms with Crippen molar-refractivity contribution in [3.8, 4) is 0 Å². The van der Waals surface area contributed by atoms with Gasteiger partial charge in [-0.05, 0) is 49.4 Å². The number of carbonyl (C=O) groups excluding carboxylic acids is 2. The summed E-state index contributed by atoms with van der Waals surface area (Å²) < 4.78 is 6.06. The SMILES string of the molecule is Cc1ccc2oc(=O)c(C(=O)NNC(=O)c3cc4cc(Br)ccc4[nH]3)cc2c1. The van der Waals surface area contributed by atoms with Crippen LogP contribution in [0.5, 0.6) is 0 Å². The summed E-state index contributed by atoms with van der Waals surface area (Å²) in [6, 6.07) is 13.9. The van der Waals surface area contributed by atoms with Gasteiger partial charge in [0, 0.05) is 20.8 Å². The van der Waals surface area contributed by atoms with Crippen molar-refractivity contribution in [1.29, 1.82) is 0 Å². The Balaban J connectivity index is 1.53. The van der Waals surface area contributed by atoms with E-state index in [1.165, 1.54) is 6.07 Å². The summed E-state index contributed by atoms with van der Waals surface area (Å²) in [7, 11) is 0. The lowest BCUT2D eigenvalue weighted by Gasteiger charge is -2.06. The molecule has 2 amide bonds. The minimum Gasteiger partial charge on any atom is -0.422 e. The Bertz CT molecular complexity index is 1310. The molecule has 0 atom stereocenters. The monoisotopic (exact) mass is 439 g/mol. The zero-order chi connectivity index (χ0) is 19.8. The highest BCUT2D eigenvalue weighted by Gasteiger charge is 2.16. The second-order valence-corrected chi connectivity index (χ2v) is 7.23. The minimum absolute atomic E-state index is 0.195. The number of amides is 2. The molecule has 0 radical (unpaired) electrons. The predicted molar refractivity (Wildman–Crippen MR) is 108 cm³/mol. The first-order valence-electron chi connectivity index (χ1n) is 8.34. The van der Waals surface area contributed by atoms with Crippen molar-refractivity contribution in [2.24, 2.45) is 0 Å². The molecule has 140 valence electrons. The van der Waals surface area contributed by atoms with Gasteiger partial charge in [-0.1, -0.05) is 27.6 Å². The summed E-state index contributed by atoms with van der Waals surface area (Å²) >= 11 is 3.37. The van der Waals surface area contributed by atoms with Crippen LogP contribution >= 0.6 is 15.9 Å². The van der Waals surface area contributed by atoms with E-state index in [-0.39, 0.29) is 11.3 Å². The van der Waals surface area contributed by atoms with Crippen LogP contribution in [0.2, 0.25) is 0 Å². The van der Waals surface area contributed by atoms with Crippen LogP contribution in [0.4, 0.5) is 0 Å². The standard InChI is InChI=1S/C20H14BrN3O4/c1-10-2-5-17-12(6-10)8-14(20(27)28-17)18(25)23-24-19(26)16-9-11-7-13(21)3-4-15(11)22-16/h2-9,22H,1H3,(H,23,25)(H,24,26). The molecule has 0 aliphatic rings. The van der Waals surface area contributed by atoms with Crippen LogP contribution in [0.3, 0.4) is 0 Å². The van der Waals surface area contributed by atoms with Crippen molar-refractivity contribution in [2.45, 2.75) is 6.92 Å². The van der Waals surface area contributed by atoms with Crippen molar-refractivity contribution >= 4 is 49.6 Å². The maximum atomic E-state index is 12.3. The number of halogens is 1. The number of aromatic amines is 1. The van der Waals surface area contributed by atoms with Crippen LogP contribution in [0, 0.1) is 6.92 Å². The summed E-state index contributed by atoms with van der Waals surface area (Å²) in [6.45, 7) is 1.89. The lowest BCUT2D eigenvalue weighted by atomic mass is 10.1.